The number of benzene rings is 1. The molecule has 1 heterocycles. The van der Waals surface area contributed by atoms with Gasteiger partial charge in [0.25, 0.3) is 5.56 Å². The van der Waals surface area contributed by atoms with E-state index in [1.54, 1.807) is 28.8 Å². The van der Waals surface area contributed by atoms with Crippen molar-refractivity contribution in [3.05, 3.63) is 63.5 Å². The van der Waals surface area contributed by atoms with Gasteiger partial charge in [0.15, 0.2) is 0 Å². The van der Waals surface area contributed by atoms with E-state index in [0.717, 1.165) is 5.69 Å². The van der Waals surface area contributed by atoms with Gasteiger partial charge in [-0.25, -0.2) is 13.1 Å². The zero-order chi connectivity index (χ0) is 16.9. The van der Waals surface area contributed by atoms with E-state index in [4.69, 9.17) is 11.6 Å². The van der Waals surface area contributed by atoms with Crippen molar-refractivity contribution in [1.29, 1.82) is 0 Å². The van der Waals surface area contributed by atoms with Gasteiger partial charge >= 0.3 is 0 Å². The molecule has 0 amide bonds. The highest BCUT2D eigenvalue weighted by Crippen LogP contribution is 2.19. The molecule has 23 heavy (non-hydrogen) atoms. The summed E-state index contributed by atoms with van der Waals surface area (Å²) in [7, 11) is -3.60. The molecule has 2 aromatic rings. The Morgan fingerprint density at radius 3 is 2.52 bits per heavy atom. The summed E-state index contributed by atoms with van der Waals surface area (Å²) >= 11 is 5.91. The average Bonchev–Trinajstić information content (AvgIpc) is 2.49. The molecule has 0 saturated heterocycles. The monoisotopic (exact) mass is 354 g/mol. The number of rotatable bonds is 7. The minimum Gasteiger partial charge on any atom is -0.313 e. The highest BCUT2D eigenvalue weighted by molar-refractivity contribution is 7.89. The zero-order valence-electron chi connectivity index (χ0n) is 12.8. The van der Waals surface area contributed by atoms with E-state index in [0.29, 0.717) is 25.9 Å². The Morgan fingerprint density at radius 2 is 1.83 bits per heavy atom. The summed E-state index contributed by atoms with van der Waals surface area (Å²) in [6.45, 7) is 2.75. The molecule has 0 fully saturated rings. The molecule has 0 spiro atoms. The predicted molar refractivity (Wildman–Crippen MR) is 91.3 cm³/mol. The highest BCUT2D eigenvalue weighted by Gasteiger charge is 2.16. The Bertz CT molecular complexity index is 831. The molecule has 0 aliphatic carbocycles. The standard InChI is InChI=1S/C16H19ClN2O3S/c1-13-7-6-10-16(20)19(13)12-5-4-11-18-23(21,22)15-9-3-2-8-14(15)17/h2-3,6-10,18H,4-5,11-12H2,1H3. The third-order valence-electron chi connectivity index (χ3n) is 3.49. The number of hydrogen-bond acceptors (Lipinski definition) is 3. The number of aromatic nitrogens is 1. The van der Waals surface area contributed by atoms with Gasteiger partial charge in [-0.15, -0.1) is 0 Å². The SMILES string of the molecule is Cc1cccc(=O)n1CCCCNS(=O)(=O)c1ccccc1Cl. The first-order valence-corrected chi connectivity index (χ1v) is 9.18. The van der Waals surface area contributed by atoms with Crippen LogP contribution in [0.4, 0.5) is 0 Å². The highest BCUT2D eigenvalue weighted by atomic mass is 35.5. The number of unbranched alkanes of at least 4 members (excludes halogenated alkanes) is 1. The van der Waals surface area contributed by atoms with Gasteiger partial charge in [-0.05, 0) is 38.0 Å². The first-order chi connectivity index (χ1) is 10.9. The first-order valence-electron chi connectivity index (χ1n) is 7.32. The Hall–Kier alpha value is -1.63. The second-order valence-corrected chi connectivity index (χ2v) is 7.33. The van der Waals surface area contributed by atoms with Crippen LogP contribution >= 0.6 is 11.6 Å². The van der Waals surface area contributed by atoms with Gasteiger partial charge in [-0.2, -0.15) is 0 Å². The van der Waals surface area contributed by atoms with Crippen molar-refractivity contribution in [2.75, 3.05) is 6.54 Å². The van der Waals surface area contributed by atoms with Crippen LogP contribution in [0.25, 0.3) is 0 Å². The molecule has 1 N–H and O–H groups in total. The van der Waals surface area contributed by atoms with E-state index in [1.807, 2.05) is 13.0 Å². The molecule has 124 valence electrons. The Labute approximate surface area is 141 Å². The van der Waals surface area contributed by atoms with Crippen molar-refractivity contribution in [3.63, 3.8) is 0 Å². The lowest BCUT2D eigenvalue weighted by atomic mass is 10.3. The summed E-state index contributed by atoms with van der Waals surface area (Å²) < 4.78 is 28.5. The van der Waals surface area contributed by atoms with Gasteiger partial charge in [0.1, 0.15) is 4.90 Å². The minimum absolute atomic E-state index is 0.0401. The fraction of sp³-hybridized carbons (Fsp3) is 0.312. The number of aryl methyl sites for hydroxylation is 1. The second kappa shape index (κ2) is 7.77. The Kier molecular flexibility index (Phi) is 5.98. The van der Waals surface area contributed by atoms with Crippen molar-refractivity contribution >= 4 is 21.6 Å². The van der Waals surface area contributed by atoms with E-state index in [1.165, 1.54) is 12.1 Å². The molecule has 2 rings (SSSR count). The van der Waals surface area contributed by atoms with Crippen LogP contribution in [0.2, 0.25) is 5.02 Å². The molecule has 1 aromatic heterocycles. The van der Waals surface area contributed by atoms with Crippen LogP contribution in [0.3, 0.4) is 0 Å². The van der Waals surface area contributed by atoms with Crippen molar-refractivity contribution in [3.8, 4) is 0 Å². The third-order valence-corrected chi connectivity index (χ3v) is 5.46. The molecular formula is C16H19ClN2O3S. The maximum Gasteiger partial charge on any atom is 0.250 e. The van der Waals surface area contributed by atoms with Crippen molar-refractivity contribution in [2.45, 2.75) is 31.2 Å². The fourth-order valence-corrected chi connectivity index (χ4v) is 3.84. The van der Waals surface area contributed by atoms with E-state index in [9.17, 15) is 13.2 Å². The lowest BCUT2D eigenvalue weighted by Gasteiger charge is -2.10. The van der Waals surface area contributed by atoms with Crippen LogP contribution in [0, 0.1) is 6.92 Å². The Balaban J connectivity index is 1.86. The molecule has 0 unspecified atom stereocenters. The van der Waals surface area contributed by atoms with Gasteiger partial charge in [0.05, 0.1) is 5.02 Å². The van der Waals surface area contributed by atoms with Crippen LogP contribution in [0.5, 0.6) is 0 Å². The molecule has 0 atom stereocenters. The molecule has 0 aliphatic heterocycles. The largest absolute Gasteiger partial charge is 0.313 e. The summed E-state index contributed by atoms with van der Waals surface area (Å²) in [6.07, 6.45) is 1.33. The third kappa shape index (κ3) is 4.67. The average molecular weight is 355 g/mol. The van der Waals surface area contributed by atoms with E-state index in [-0.39, 0.29) is 15.5 Å². The van der Waals surface area contributed by atoms with Gasteiger partial charge in [-0.3, -0.25) is 4.79 Å². The molecule has 1 aromatic carbocycles. The van der Waals surface area contributed by atoms with Crippen molar-refractivity contribution in [2.24, 2.45) is 0 Å². The van der Waals surface area contributed by atoms with Crippen LogP contribution in [-0.2, 0) is 16.6 Å². The quantitative estimate of drug-likeness (QED) is 0.777. The van der Waals surface area contributed by atoms with Gasteiger partial charge in [-0.1, -0.05) is 29.8 Å². The van der Waals surface area contributed by atoms with E-state index >= 15 is 0 Å². The fourth-order valence-electron chi connectivity index (χ4n) is 2.25. The lowest BCUT2D eigenvalue weighted by Crippen LogP contribution is -2.26. The smallest absolute Gasteiger partial charge is 0.250 e. The van der Waals surface area contributed by atoms with Crippen molar-refractivity contribution in [1.82, 2.24) is 9.29 Å². The summed E-state index contributed by atoms with van der Waals surface area (Å²) in [5.74, 6) is 0. The van der Waals surface area contributed by atoms with E-state index < -0.39 is 10.0 Å². The normalized spacial score (nSPS) is 11.6. The maximum atomic E-state index is 12.1. The van der Waals surface area contributed by atoms with E-state index in [2.05, 4.69) is 4.72 Å². The minimum atomic E-state index is -3.60. The molecule has 7 heteroatoms. The number of hydrogen-bond donors (Lipinski definition) is 1. The summed E-state index contributed by atoms with van der Waals surface area (Å²) in [4.78, 5) is 11.8. The summed E-state index contributed by atoms with van der Waals surface area (Å²) in [5.41, 5.74) is 0.857. The van der Waals surface area contributed by atoms with Crippen LogP contribution in [-0.4, -0.2) is 19.5 Å². The van der Waals surface area contributed by atoms with Gasteiger partial charge in [0.2, 0.25) is 10.0 Å². The molecule has 0 saturated carbocycles. The number of sulfonamides is 1. The molecule has 0 radical (unpaired) electrons. The van der Waals surface area contributed by atoms with Crippen molar-refractivity contribution < 1.29 is 8.42 Å². The number of nitrogens with one attached hydrogen (secondary N) is 1. The molecule has 0 aliphatic rings. The predicted octanol–water partition coefficient (Wildman–Crippen LogP) is 2.57. The summed E-state index contributed by atoms with van der Waals surface area (Å²) in [5, 5.41) is 0.200. The molecule has 0 bridgehead atoms. The maximum absolute atomic E-state index is 12.1. The topological polar surface area (TPSA) is 68.2 Å². The zero-order valence-corrected chi connectivity index (χ0v) is 14.4. The number of nitrogens with zero attached hydrogens (tertiary/aromatic N) is 1. The second-order valence-electron chi connectivity index (χ2n) is 5.19. The Morgan fingerprint density at radius 1 is 1.09 bits per heavy atom. The summed E-state index contributed by atoms with van der Waals surface area (Å²) in [6, 6.07) is 11.4. The van der Waals surface area contributed by atoms with Gasteiger partial charge in [0, 0.05) is 24.8 Å². The lowest BCUT2D eigenvalue weighted by molar-refractivity contribution is 0.557. The van der Waals surface area contributed by atoms with Crippen LogP contribution < -0.4 is 10.3 Å². The first kappa shape index (κ1) is 17.7. The molecule has 5 nitrogen and oxygen atoms in total. The van der Waals surface area contributed by atoms with Gasteiger partial charge < -0.3 is 4.57 Å². The number of pyridine rings is 1. The molecular weight excluding hydrogens is 336 g/mol. The van der Waals surface area contributed by atoms with Crippen LogP contribution in [0.1, 0.15) is 18.5 Å². The van der Waals surface area contributed by atoms with Crippen LogP contribution in [0.15, 0.2) is 52.2 Å². The number of halogens is 1.